The van der Waals surface area contributed by atoms with Crippen molar-refractivity contribution in [3.8, 4) is 0 Å². The third kappa shape index (κ3) is 1.98. The Morgan fingerprint density at radius 2 is 2.32 bits per heavy atom. The van der Waals surface area contributed by atoms with E-state index in [1.807, 2.05) is 18.3 Å². The summed E-state index contributed by atoms with van der Waals surface area (Å²) in [7, 11) is 0. The summed E-state index contributed by atoms with van der Waals surface area (Å²) >= 11 is 0. The van der Waals surface area contributed by atoms with Gasteiger partial charge in [-0.25, -0.2) is 9.50 Å². The summed E-state index contributed by atoms with van der Waals surface area (Å²) in [6, 6.07) is 4.48. The fraction of sp³-hybridized carbons (Fsp3) is 0.571. The maximum atomic E-state index is 4.59. The van der Waals surface area contributed by atoms with Crippen LogP contribution in [0.4, 0.5) is 5.82 Å². The highest BCUT2D eigenvalue weighted by Crippen LogP contribution is 2.38. The van der Waals surface area contributed by atoms with Crippen LogP contribution in [0.25, 0.3) is 5.65 Å². The third-order valence-electron chi connectivity index (χ3n) is 4.55. The lowest BCUT2D eigenvalue weighted by atomic mass is 9.70. The first kappa shape index (κ1) is 11.2. The number of nitrogens with one attached hydrogen (secondary N) is 2. The van der Waals surface area contributed by atoms with Crippen LogP contribution >= 0.6 is 0 Å². The minimum Gasteiger partial charge on any atom is -0.367 e. The molecule has 0 aromatic carbocycles. The van der Waals surface area contributed by atoms with Gasteiger partial charge in [-0.3, -0.25) is 0 Å². The summed E-state index contributed by atoms with van der Waals surface area (Å²) in [6.07, 6.45) is 10.2. The molecule has 4 rings (SSSR count). The second-order valence-electron chi connectivity index (χ2n) is 5.84. The molecule has 1 unspecified atom stereocenters. The van der Waals surface area contributed by atoms with Crippen molar-refractivity contribution in [2.45, 2.75) is 43.7 Å². The number of hydrogen-bond acceptors (Lipinski definition) is 4. The van der Waals surface area contributed by atoms with Crippen molar-refractivity contribution in [3.63, 3.8) is 0 Å². The summed E-state index contributed by atoms with van der Waals surface area (Å²) in [4.78, 5) is 4.59. The molecule has 5 nitrogen and oxygen atoms in total. The van der Waals surface area contributed by atoms with Gasteiger partial charge in [-0.15, -0.1) is 0 Å². The van der Waals surface area contributed by atoms with Crippen molar-refractivity contribution in [1.82, 2.24) is 19.9 Å². The molecule has 5 heteroatoms. The highest BCUT2D eigenvalue weighted by atomic mass is 15.2. The maximum Gasteiger partial charge on any atom is 0.157 e. The van der Waals surface area contributed by atoms with Crippen LogP contribution in [0.15, 0.2) is 24.5 Å². The van der Waals surface area contributed by atoms with Crippen LogP contribution in [-0.4, -0.2) is 32.7 Å². The Morgan fingerprint density at radius 3 is 3.16 bits per heavy atom. The molecule has 1 aliphatic heterocycles. The van der Waals surface area contributed by atoms with Gasteiger partial charge in [0, 0.05) is 23.8 Å². The maximum absolute atomic E-state index is 4.59. The van der Waals surface area contributed by atoms with E-state index in [1.54, 1.807) is 10.7 Å². The fourth-order valence-electron chi connectivity index (χ4n) is 3.37. The van der Waals surface area contributed by atoms with Gasteiger partial charge in [0.15, 0.2) is 5.65 Å². The van der Waals surface area contributed by atoms with Crippen LogP contribution in [0.2, 0.25) is 0 Å². The minimum atomic E-state index is 0.427. The van der Waals surface area contributed by atoms with Crippen LogP contribution in [0.3, 0.4) is 0 Å². The molecule has 1 saturated heterocycles. The lowest BCUT2D eigenvalue weighted by molar-refractivity contribution is 0.135. The van der Waals surface area contributed by atoms with Crippen molar-refractivity contribution in [2.24, 2.45) is 0 Å². The molecule has 1 aliphatic carbocycles. The zero-order chi connectivity index (χ0) is 12.7. The average molecular weight is 257 g/mol. The quantitative estimate of drug-likeness (QED) is 0.861. The summed E-state index contributed by atoms with van der Waals surface area (Å²) in [5.74, 6) is 0.967. The van der Waals surface area contributed by atoms with Crippen LogP contribution in [0.1, 0.15) is 32.1 Å². The van der Waals surface area contributed by atoms with Crippen LogP contribution in [0, 0.1) is 0 Å². The molecule has 0 radical (unpaired) electrons. The Kier molecular flexibility index (Phi) is 2.48. The number of fused-ring (bicyclic) bond motifs is 1. The predicted molar refractivity (Wildman–Crippen MR) is 74.2 cm³/mol. The zero-order valence-corrected chi connectivity index (χ0v) is 11.0. The first-order valence-electron chi connectivity index (χ1n) is 7.15. The largest absolute Gasteiger partial charge is 0.367 e. The second kappa shape index (κ2) is 4.20. The van der Waals surface area contributed by atoms with Gasteiger partial charge in [-0.2, -0.15) is 5.10 Å². The van der Waals surface area contributed by atoms with E-state index in [0.717, 1.165) is 18.0 Å². The highest BCUT2D eigenvalue weighted by molar-refractivity contribution is 5.46. The minimum absolute atomic E-state index is 0.427. The summed E-state index contributed by atoms with van der Waals surface area (Å²) < 4.78 is 1.79. The Bertz CT molecular complexity index is 586. The molecule has 100 valence electrons. The van der Waals surface area contributed by atoms with Crippen LogP contribution < -0.4 is 10.6 Å². The van der Waals surface area contributed by atoms with Crippen molar-refractivity contribution in [1.29, 1.82) is 0 Å². The average Bonchev–Trinajstić information content (AvgIpc) is 2.85. The molecule has 2 N–H and O–H groups in total. The van der Waals surface area contributed by atoms with Gasteiger partial charge >= 0.3 is 0 Å². The normalized spacial score (nSPS) is 25.4. The molecule has 2 aromatic rings. The Morgan fingerprint density at radius 1 is 1.37 bits per heavy atom. The zero-order valence-electron chi connectivity index (χ0n) is 11.0. The molecular formula is C14H19N5. The Labute approximate surface area is 112 Å². The summed E-state index contributed by atoms with van der Waals surface area (Å²) in [5, 5.41) is 11.5. The molecule has 3 heterocycles. The lowest BCUT2D eigenvalue weighted by Gasteiger charge is -2.48. The highest BCUT2D eigenvalue weighted by Gasteiger charge is 2.40. The number of nitrogens with zero attached hydrogens (tertiary/aromatic N) is 3. The predicted octanol–water partition coefficient (Wildman–Crippen LogP) is 1.82. The van der Waals surface area contributed by atoms with Gasteiger partial charge in [0.2, 0.25) is 0 Å². The van der Waals surface area contributed by atoms with Gasteiger partial charge < -0.3 is 10.6 Å². The van der Waals surface area contributed by atoms with Crippen molar-refractivity contribution < 1.29 is 0 Å². The number of piperidine rings is 1. The molecule has 2 aromatic heterocycles. The third-order valence-corrected chi connectivity index (χ3v) is 4.55. The fourth-order valence-corrected chi connectivity index (χ4v) is 3.37. The number of aromatic nitrogens is 3. The summed E-state index contributed by atoms with van der Waals surface area (Å²) in [5.41, 5.74) is 1.33. The Hall–Kier alpha value is -1.62. The second-order valence-corrected chi connectivity index (χ2v) is 5.84. The van der Waals surface area contributed by atoms with E-state index < -0.39 is 0 Å². The molecule has 0 bridgehead atoms. The molecule has 19 heavy (non-hydrogen) atoms. The van der Waals surface area contributed by atoms with E-state index in [2.05, 4.69) is 20.7 Å². The molecule has 2 aliphatic rings. The number of hydrogen-bond donors (Lipinski definition) is 2. The monoisotopic (exact) mass is 257 g/mol. The van der Waals surface area contributed by atoms with Crippen molar-refractivity contribution in [2.75, 3.05) is 11.9 Å². The van der Waals surface area contributed by atoms with E-state index >= 15 is 0 Å². The molecule has 1 saturated carbocycles. The summed E-state index contributed by atoms with van der Waals surface area (Å²) in [6.45, 7) is 1.12. The van der Waals surface area contributed by atoms with Crippen LogP contribution in [0.5, 0.6) is 0 Å². The van der Waals surface area contributed by atoms with Crippen molar-refractivity contribution >= 4 is 11.5 Å². The van der Waals surface area contributed by atoms with E-state index in [-0.39, 0.29) is 0 Å². The molecule has 1 spiro atoms. The van der Waals surface area contributed by atoms with Gasteiger partial charge in [-0.1, -0.05) is 0 Å². The van der Waals surface area contributed by atoms with Gasteiger partial charge in [0.25, 0.3) is 0 Å². The standard InChI is InChI=1S/C14H19N5/c1-5-14(6-1)10-11(2-7-15-14)17-12-4-9-19-13(18-12)3-8-16-19/h3-4,8-9,11,15H,1-2,5-7,10H2,(H,17,18). The van der Waals surface area contributed by atoms with Gasteiger partial charge in [0.05, 0.1) is 6.20 Å². The van der Waals surface area contributed by atoms with E-state index in [1.165, 1.54) is 32.1 Å². The number of anilines is 1. The molecule has 2 fully saturated rings. The van der Waals surface area contributed by atoms with E-state index in [0.29, 0.717) is 11.6 Å². The topological polar surface area (TPSA) is 54.2 Å². The first-order valence-corrected chi connectivity index (χ1v) is 7.15. The Balaban J connectivity index is 1.50. The van der Waals surface area contributed by atoms with Crippen LogP contribution in [-0.2, 0) is 0 Å². The SMILES string of the molecule is c1cc2nc(NC3CCNC4(CCC4)C3)ccn2n1. The van der Waals surface area contributed by atoms with Gasteiger partial charge in [0.1, 0.15) is 5.82 Å². The smallest absolute Gasteiger partial charge is 0.157 e. The molecular weight excluding hydrogens is 238 g/mol. The van der Waals surface area contributed by atoms with Gasteiger partial charge in [-0.05, 0) is 44.7 Å². The first-order chi connectivity index (χ1) is 9.33. The molecule has 0 amide bonds. The van der Waals surface area contributed by atoms with E-state index in [4.69, 9.17) is 0 Å². The lowest BCUT2D eigenvalue weighted by Crippen LogP contribution is -2.58. The van der Waals surface area contributed by atoms with Crippen molar-refractivity contribution in [3.05, 3.63) is 24.5 Å². The molecule has 1 atom stereocenters. The van der Waals surface area contributed by atoms with E-state index in [9.17, 15) is 0 Å². The number of rotatable bonds is 2.